The lowest BCUT2D eigenvalue weighted by Gasteiger charge is -2.25. The molecule has 7 heteroatoms. The summed E-state index contributed by atoms with van der Waals surface area (Å²) >= 11 is 1.73. The third-order valence-electron chi connectivity index (χ3n) is 5.20. The molecule has 1 heterocycles. The summed E-state index contributed by atoms with van der Waals surface area (Å²) in [6, 6.07) is 23.0. The van der Waals surface area contributed by atoms with Gasteiger partial charge in [0.25, 0.3) is 0 Å². The molecule has 2 amide bonds. The van der Waals surface area contributed by atoms with Crippen LogP contribution < -0.4 is 19.5 Å². The van der Waals surface area contributed by atoms with Crippen molar-refractivity contribution in [2.45, 2.75) is 12.0 Å². The first-order chi connectivity index (χ1) is 15.7. The maximum absolute atomic E-state index is 13.0. The van der Waals surface area contributed by atoms with Gasteiger partial charge >= 0.3 is 6.03 Å². The van der Waals surface area contributed by atoms with Crippen LogP contribution in [-0.2, 0) is 6.61 Å². The number of nitrogens with zero attached hydrogens (tertiary/aromatic N) is 1. The molecule has 0 bridgehead atoms. The number of benzene rings is 3. The summed E-state index contributed by atoms with van der Waals surface area (Å²) < 4.78 is 16.7. The van der Waals surface area contributed by atoms with Gasteiger partial charge in [0.1, 0.15) is 17.7 Å². The fourth-order valence-corrected chi connectivity index (χ4v) is 4.76. The highest BCUT2D eigenvalue weighted by atomic mass is 32.2. The Morgan fingerprint density at radius 2 is 1.78 bits per heavy atom. The Balaban J connectivity index is 1.49. The smallest absolute Gasteiger partial charge is 0.323 e. The SMILES string of the molecule is COc1ccc(NC(=O)N2CCSC2c2ccc(OC)c(OCc3ccccc3)c2)cc1. The van der Waals surface area contributed by atoms with E-state index in [0.717, 1.165) is 28.3 Å². The molecular formula is C25H26N2O4S. The third-order valence-corrected chi connectivity index (χ3v) is 6.46. The quantitative estimate of drug-likeness (QED) is 0.511. The second-order valence-corrected chi connectivity index (χ2v) is 8.45. The molecule has 1 aliphatic heterocycles. The number of methoxy groups -OCH3 is 2. The number of anilines is 1. The Morgan fingerprint density at radius 1 is 1.00 bits per heavy atom. The fourth-order valence-electron chi connectivity index (χ4n) is 3.52. The van der Waals surface area contributed by atoms with Crippen LogP contribution >= 0.6 is 11.8 Å². The van der Waals surface area contributed by atoms with Gasteiger partial charge in [-0.15, -0.1) is 11.8 Å². The van der Waals surface area contributed by atoms with E-state index >= 15 is 0 Å². The molecule has 3 aromatic rings. The Morgan fingerprint density at radius 3 is 2.50 bits per heavy atom. The van der Waals surface area contributed by atoms with Crippen LogP contribution in [0.1, 0.15) is 16.5 Å². The average Bonchev–Trinajstić information content (AvgIpc) is 3.34. The van der Waals surface area contributed by atoms with Crippen molar-refractivity contribution in [1.82, 2.24) is 4.90 Å². The van der Waals surface area contributed by atoms with E-state index in [1.165, 1.54) is 0 Å². The van der Waals surface area contributed by atoms with Crippen molar-refractivity contribution in [2.75, 3.05) is 31.8 Å². The van der Waals surface area contributed by atoms with Gasteiger partial charge < -0.3 is 24.4 Å². The van der Waals surface area contributed by atoms with Crippen molar-refractivity contribution in [3.05, 3.63) is 83.9 Å². The van der Waals surface area contributed by atoms with Gasteiger partial charge in [0.05, 0.1) is 14.2 Å². The summed E-state index contributed by atoms with van der Waals surface area (Å²) in [4.78, 5) is 14.8. The van der Waals surface area contributed by atoms with E-state index in [1.54, 1.807) is 26.0 Å². The van der Waals surface area contributed by atoms with Crippen molar-refractivity contribution in [1.29, 1.82) is 0 Å². The summed E-state index contributed by atoms with van der Waals surface area (Å²) in [5, 5.41) is 2.88. The van der Waals surface area contributed by atoms with E-state index in [-0.39, 0.29) is 11.4 Å². The van der Waals surface area contributed by atoms with E-state index in [9.17, 15) is 4.79 Å². The molecule has 0 aromatic heterocycles. The fraction of sp³-hybridized carbons (Fsp3) is 0.240. The van der Waals surface area contributed by atoms with Crippen molar-refractivity contribution in [3.8, 4) is 17.2 Å². The number of hydrogen-bond donors (Lipinski definition) is 1. The highest BCUT2D eigenvalue weighted by molar-refractivity contribution is 7.99. The molecule has 32 heavy (non-hydrogen) atoms. The van der Waals surface area contributed by atoms with Gasteiger partial charge in [-0.3, -0.25) is 0 Å². The predicted molar refractivity (Wildman–Crippen MR) is 128 cm³/mol. The van der Waals surface area contributed by atoms with E-state index in [2.05, 4.69) is 5.32 Å². The van der Waals surface area contributed by atoms with Crippen LogP contribution in [0.3, 0.4) is 0 Å². The molecule has 1 aliphatic rings. The summed E-state index contributed by atoms with van der Waals surface area (Å²) in [5.41, 5.74) is 2.81. The lowest BCUT2D eigenvalue weighted by molar-refractivity contribution is 0.214. The number of thioether (sulfide) groups is 1. The molecular weight excluding hydrogens is 424 g/mol. The van der Waals surface area contributed by atoms with Crippen molar-refractivity contribution < 1.29 is 19.0 Å². The minimum atomic E-state index is -0.132. The average molecular weight is 451 g/mol. The number of carbonyl (C=O) groups is 1. The first-order valence-corrected chi connectivity index (χ1v) is 11.4. The minimum absolute atomic E-state index is 0.0989. The zero-order chi connectivity index (χ0) is 22.3. The van der Waals surface area contributed by atoms with Crippen LogP contribution in [0.25, 0.3) is 0 Å². The number of carbonyl (C=O) groups excluding carboxylic acids is 1. The monoisotopic (exact) mass is 450 g/mol. The molecule has 4 rings (SSSR count). The standard InChI is InChI=1S/C25H26N2O4S/c1-29-21-11-9-20(10-12-21)26-25(28)27-14-15-32-24(27)19-8-13-22(30-2)23(16-19)31-17-18-6-4-3-5-7-18/h3-13,16,24H,14-15,17H2,1-2H3,(H,26,28). The number of nitrogens with one attached hydrogen (secondary N) is 1. The summed E-state index contributed by atoms with van der Waals surface area (Å²) in [5.74, 6) is 2.95. The molecule has 0 radical (unpaired) electrons. The van der Waals surface area contributed by atoms with E-state index in [0.29, 0.717) is 24.7 Å². The normalized spacial score (nSPS) is 15.3. The van der Waals surface area contributed by atoms with Crippen molar-refractivity contribution in [3.63, 3.8) is 0 Å². The van der Waals surface area contributed by atoms with Crippen LogP contribution in [0.15, 0.2) is 72.8 Å². The Kier molecular flexibility index (Phi) is 7.07. The first kappa shape index (κ1) is 21.9. The highest BCUT2D eigenvalue weighted by Gasteiger charge is 2.31. The Hall–Kier alpha value is -3.32. The number of rotatable bonds is 7. The third kappa shape index (κ3) is 5.11. The van der Waals surface area contributed by atoms with Crippen molar-refractivity contribution in [2.24, 2.45) is 0 Å². The van der Waals surface area contributed by atoms with Crippen LogP contribution in [0.5, 0.6) is 17.2 Å². The summed E-state index contributed by atoms with van der Waals surface area (Å²) in [6.07, 6.45) is 0. The van der Waals surface area contributed by atoms with Crippen LogP contribution in [-0.4, -0.2) is 37.4 Å². The van der Waals surface area contributed by atoms with Gasteiger partial charge in [-0.2, -0.15) is 0 Å². The summed E-state index contributed by atoms with van der Waals surface area (Å²) in [7, 11) is 3.25. The van der Waals surface area contributed by atoms with Gasteiger partial charge in [-0.05, 0) is 47.5 Å². The van der Waals surface area contributed by atoms with Crippen molar-refractivity contribution >= 4 is 23.5 Å². The first-order valence-electron chi connectivity index (χ1n) is 10.4. The second-order valence-electron chi connectivity index (χ2n) is 7.26. The number of amides is 2. The van der Waals surface area contributed by atoms with Gasteiger partial charge in [0.2, 0.25) is 0 Å². The molecule has 0 spiro atoms. The summed E-state index contributed by atoms with van der Waals surface area (Å²) in [6.45, 7) is 1.11. The molecule has 0 aliphatic carbocycles. The molecule has 3 aromatic carbocycles. The topological polar surface area (TPSA) is 60.0 Å². The van der Waals surface area contributed by atoms with Gasteiger partial charge in [0.15, 0.2) is 11.5 Å². The van der Waals surface area contributed by atoms with Gasteiger partial charge in [0, 0.05) is 18.0 Å². The zero-order valence-electron chi connectivity index (χ0n) is 18.1. The maximum atomic E-state index is 13.0. The van der Waals surface area contributed by atoms with E-state index in [1.807, 2.05) is 77.7 Å². The minimum Gasteiger partial charge on any atom is -0.497 e. The maximum Gasteiger partial charge on any atom is 0.323 e. The largest absolute Gasteiger partial charge is 0.497 e. The van der Waals surface area contributed by atoms with Gasteiger partial charge in [-0.1, -0.05) is 36.4 Å². The second kappa shape index (κ2) is 10.3. The Labute approximate surface area is 192 Å². The number of ether oxygens (including phenoxy) is 3. The number of hydrogen-bond acceptors (Lipinski definition) is 5. The molecule has 166 valence electrons. The lowest BCUT2D eigenvalue weighted by Crippen LogP contribution is -2.34. The highest BCUT2D eigenvalue weighted by Crippen LogP contribution is 2.41. The molecule has 6 nitrogen and oxygen atoms in total. The van der Waals surface area contributed by atoms with E-state index < -0.39 is 0 Å². The molecule has 1 N–H and O–H groups in total. The molecule has 1 fully saturated rings. The lowest BCUT2D eigenvalue weighted by atomic mass is 10.1. The van der Waals surface area contributed by atoms with Crippen LogP contribution in [0, 0.1) is 0 Å². The molecule has 0 saturated carbocycles. The molecule has 1 atom stereocenters. The van der Waals surface area contributed by atoms with Crippen LogP contribution in [0.2, 0.25) is 0 Å². The Bertz CT molecular complexity index is 1040. The molecule has 1 unspecified atom stereocenters. The molecule has 1 saturated heterocycles. The zero-order valence-corrected chi connectivity index (χ0v) is 18.9. The number of urea groups is 1. The predicted octanol–water partition coefficient (Wildman–Crippen LogP) is 5.56. The van der Waals surface area contributed by atoms with E-state index in [4.69, 9.17) is 14.2 Å². The van der Waals surface area contributed by atoms with Gasteiger partial charge in [-0.25, -0.2) is 4.79 Å². The van der Waals surface area contributed by atoms with Crippen LogP contribution in [0.4, 0.5) is 10.5 Å².